The Bertz CT molecular complexity index is 886. The van der Waals surface area contributed by atoms with Gasteiger partial charge < -0.3 is 14.5 Å². The molecule has 0 radical (unpaired) electrons. The molecule has 0 bridgehead atoms. The molecule has 0 aliphatic carbocycles. The third-order valence-electron chi connectivity index (χ3n) is 3.70. The molecular weight excluding hydrogens is 356 g/mol. The average Bonchev–Trinajstić information content (AvgIpc) is 3.14. The molecule has 7 nitrogen and oxygen atoms in total. The number of carbonyl (C=O) groups is 1. The van der Waals surface area contributed by atoms with Crippen molar-refractivity contribution < 1.29 is 22.4 Å². The first kappa shape index (κ1) is 19.7. The molecule has 1 aromatic heterocycles. The summed E-state index contributed by atoms with van der Waals surface area (Å²) in [6, 6.07) is 7.94. The van der Waals surface area contributed by atoms with Crippen molar-refractivity contribution in [3.8, 4) is 5.75 Å². The Labute approximate surface area is 153 Å². The monoisotopic (exact) mass is 378 g/mol. The Hall–Kier alpha value is -2.58. The molecule has 26 heavy (non-hydrogen) atoms. The van der Waals surface area contributed by atoms with Gasteiger partial charge in [-0.3, -0.25) is 4.79 Å². The molecule has 140 valence electrons. The zero-order valence-corrected chi connectivity index (χ0v) is 15.9. The summed E-state index contributed by atoms with van der Waals surface area (Å²) in [6.45, 7) is 1.81. The number of methoxy groups -OCH3 is 1. The maximum Gasteiger partial charge on any atom is 0.246 e. The number of nitrogens with zero attached hydrogens (tertiary/aromatic N) is 1. The summed E-state index contributed by atoms with van der Waals surface area (Å²) >= 11 is 0. The number of furan rings is 1. The number of rotatable bonds is 7. The van der Waals surface area contributed by atoms with Crippen LogP contribution in [0.2, 0.25) is 0 Å². The third kappa shape index (κ3) is 4.53. The number of carbonyl (C=O) groups excluding carboxylic acids is 1. The molecule has 0 spiro atoms. The van der Waals surface area contributed by atoms with Crippen LogP contribution in [-0.4, -0.2) is 39.8 Å². The van der Waals surface area contributed by atoms with Gasteiger partial charge in [0, 0.05) is 20.2 Å². The summed E-state index contributed by atoms with van der Waals surface area (Å²) < 4.78 is 36.3. The highest BCUT2D eigenvalue weighted by atomic mass is 32.2. The lowest BCUT2D eigenvalue weighted by atomic mass is 10.2. The third-order valence-corrected chi connectivity index (χ3v) is 5.54. The van der Waals surface area contributed by atoms with E-state index in [-0.39, 0.29) is 22.6 Å². The van der Waals surface area contributed by atoms with E-state index in [9.17, 15) is 13.2 Å². The van der Waals surface area contributed by atoms with E-state index in [1.165, 1.54) is 45.7 Å². The van der Waals surface area contributed by atoms with E-state index in [1.54, 1.807) is 31.2 Å². The lowest BCUT2D eigenvalue weighted by Crippen LogP contribution is -2.24. The van der Waals surface area contributed by atoms with Crippen LogP contribution in [0.25, 0.3) is 6.08 Å². The topological polar surface area (TPSA) is 88.8 Å². The number of hydrogen-bond acceptors (Lipinski definition) is 5. The maximum absolute atomic E-state index is 12.4. The average molecular weight is 378 g/mol. The summed E-state index contributed by atoms with van der Waals surface area (Å²) in [5.41, 5.74) is 0.562. The highest BCUT2D eigenvalue weighted by Gasteiger charge is 2.22. The summed E-state index contributed by atoms with van der Waals surface area (Å²) in [6.07, 6.45) is 4.42. The lowest BCUT2D eigenvalue weighted by Gasteiger charge is -2.15. The molecule has 0 saturated carbocycles. The van der Waals surface area contributed by atoms with E-state index in [4.69, 9.17) is 9.15 Å². The molecule has 1 aromatic carbocycles. The van der Waals surface area contributed by atoms with Crippen LogP contribution in [0, 0.1) is 0 Å². The number of nitrogens with one attached hydrogen (secondary N) is 1. The zero-order valence-electron chi connectivity index (χ0n) is 15.1. The lowest BCUT2D eigenvalue weighted by molar-refractivity contribution is -0.117. The first-order valence-corrected chi connectivity index (χ1v) is 9.32. The molecule has 0 saturated heterocycles. The van der Waals surface area contributed by atoms with E-state index in [0.29, 0.717) is 11.3 Å². The number of ether oxygens (including phenoxy) is 1. The van der Waals surface area contributed by atoms with Gasteiger partial charge in [-0.1, -0.05) is 6.07 Å². The van der Waals surface area contributed by atoms with Gasteiger partial charge in [0.2, 0.25) is 15.9 Å². The molecule has 0 aliphatic rings. The van der Waals surface area contributed by atoms with Crippen molar-refractivity contribution in [2.24, 2.45) is 0 Å². The van der Waals surface area contributed by atoms with Crippen LogP contribution in [0.1, 0.15) is 24.3 Å². The Balaban J connectivity index is 2.19. The summed E-state index contributed by atoms with van der Waals surface area (Å²) in [7, 11) is 0.628. The summed E-state index contributed by atoms with van der Waals surface area (Å²) in [4.78, 5) is 12.1. The molecule has 1 amide bonds. The highest BCUT2D eigenvalue weighted by molar-refractivity contribution is 7.89. The largest absolute Gasteiger partial charge is 0.495 e. The van der Waals surface area contributed by atoms with Crippen LogP contribution in [0.4, 0.5) is 0 Å². The highest BCUT2D eigenvalue weighted by Crippen LogP contribution is 2.27. The zero-order chi connectivity index (χ0) is 19.3. The van der Waals surface area contributed by atoms with Gasteiger partial charge in [0.05, 0.1) is 19.4 Å². The van der Waals surface area contributed by atoms with E-state index < -0.39 is 10.0 Å². The van der Waals surface area contributed by atoms with Crippen molar-refractivity contribution in [2.45, 2.75) is 17.9 Å². The fraction of sp³-hybridized carbons (Fsp3) is 0.278. The predicted octanol–water partition coefficient (Wildman–Crippen LogP) is 2.43. The second kappa shape index (κ2) is 8.20. The Morgan fingerprint density at radius 1 is 1.31 bits per heavy atom. The van der Waals surface area contributed by atoms with Crippen LogP contribution in [0.15, 0.2) is 52.0 Å². The normalized spacial score (nSPS) is 13.1. The fourth-order valence-corrected chi connectivity index (χ4v) is 3.32. The van der Waals surface area contributed by atoms with Crippen LogP contribution in [-0.2, 0) is 14.8 Å². The van der Waals surface area contributed by atoms with Crippen molar-refractivity contribution in [3.63, 3.8) is 0 Å². The first-order chi connectivity index (χ1) is 12.3. The SMILES string of the molecule is COc1ccc(/C=C/C(=O)N[C@H](C)c2ccco2)cc1S(=O)(=O)N(C)C. The molecule has 0 fully saturated rings. The van der Waals surface area contributed by atoms with E-state index >= 15 is 0 Å². The first-order valence-electron chi connectivity index (χ1n) is 7.88. The van der Waals surface area contributed by atoms with Gasteiger partial charge in [0.25, 0.3) is 0 Å². The van der Waals surface area contributed by atoms with Gasteiger partial charge in [-0.15, -0.1) is 0 Å². The number of benzene rings is 1. The molecule has 2 rings (SSSR count). The minimum absolute atomic E-state index is 0.0384. The summed E-state index contributed by atoms with van der Waals surface area (Å²) in [5.74, 6) is 0.573. The van der Waals surface area contributed by atoms with Gasteiger partial charge in [-0.25, -0.2) is 12.7 Å². The van der Waals surface area contributed by atoms with Gasteiger partial charge >= 0.3 is 0 Å². The van der Waals surface area contributed by atoms with Crippen molar-refractivity contribution >= 4 is 22.0 Å². The van der Waals surface area contributed by atoms with Crippen molar-refractivity contribution in [3.05, 3.63) is 54.0 Å². The summed E-state index contributed by atoms with van der Waals surface area (Å²) in [5, 5.41) is 2.77. The second-order valence-electron chi connectivity index (χ2n) is 5.78. The van der Waals surface area contributed by atoms with Gasteiger partial charge in [0.15, 0.2) is 0 Å². The smallest absolute Gasteiger partial charge is 0.246 e. The van der Waals surface area contributed by atoms with Crippen LogP contribution < -0.4 is 10.1 Å². The molecule has 0 unspecified atom stereocenters. The van der Waals surface area contributed by atoms with E-state index in [2.05, 4.69) is 5.32 Å². The van der Waals surface area contributed by atoms with Gasteiger partial charge in [-0.2, -0.15) is 0 Å². The van der Waals surface area contributed by atoms with Crippen LogP contribution in [0.3, 0.4) is 0 Å². The van der Waals surface area contributed by atoms with Crippen molar-refractivity contribution in [1.82, 2.24) is 9.62 Å². The van der Waals surface area contributed by atoms with Crippen LogP contribution >= 0.6 is 0 Å². The fourth-order valence-electron chi connectivity index (χ4n) is 2.24. The molecular formula is C18H22N2O5S. The van der Waals surface area contributed by atoms with Gasteiger partial charge in [0.1, 0.15) is 16.4 Å². The predicted molar refractivity (Wildman–Crippen MR) is 98.2 cm³/mol. The molecule has 2 aromatic rings. The standard InChI is InChI=1S/C18H22N2O5S/c1-13(15-6-5-11-25-15)19-18(21)10-8-14-7-9-16(24-4)17(12-14)26(22,23)20(2)3/h5-13H,1-4H3,(H,19,21)/b10-8+/t13-/m1/s1. The molecule has 1 heterocycles. The quantitative estimate of drug-likeness (QED) is 0.748. The molecule has 0 aliphatic heterocycles. The van der Waals surface area contributed by atoms with Crippen molar-refractivity contribution in [2.75, 3.05) is 21.2 Å². The maximum atomic E-state index is 12.4. The van der Waals surface area contributed by atoms with E-state index in [1.807, 2.05) is 0 Å². The number of sulfonamides is 1. The van der Waals surface area contributed by atoms with Gasteiger partial charge in [-0.05, 0) is 42.8 Å². The Morgan fingerprint density at radius 2 is 2.04 bits per heavy atom. The van der Waals surface area contributed by atoms with Crippen molar-refractivity contribution in [1.29, 1.82) is 0 Å². The Morgan fingerprint density at radius 3 is 2.62 bits per heavy atom. The van der Waals surface area contributed by atoms with E-state index in [0.717, 1.165) is 4.31 Å². The second-order valence-corrected chi connectivity index (χ2v) is 7.90. The minimum Gasteiger partial charge on any atom is -0.495 e. The number of amides is 1. The molecule has 1 N–H and O–H groups in total. The molecule has 1 atom stereocenters. The Kier molecular flexibility index (Phi) is 6.23. The van der Waals surface area contributed by atoms with Crippen LogP contribution in [0.5, 0.6) is 5.75 Å². The number of hydrogen-bond donors (Lipinski definition) is 1. The minimum atomic E-state index is -3.67. The molecule has 8 heteroatoms.